The van der Waals surface area contributed by atoms with Gasteiger partial charge in [-0.25, -0.2) is 4.98 Å². The molecule has 0 spiro atoms. The summed E-state index contributed by atoms with van der Waals surface area (Å²) < 4.78 is 1.52. The van der Waals surface area contributed by atoms with Crippen LogP contribution >= 0.6 is 11.3 Å². The van der Waals surface area contributed by atoms with Gasteiger partial charge in [-0.1, -0.05) is 13.8 Å². The van der Waals surface area contributed by atoms with E-state index in [1.165, 1.54) is 28.7 Å². The van der Waals surface area contributed by atoms with Crippen LogP contribution in [-0.2, 0) is 16.1 Å². The normalized spacial score (nSPS) is 22.8. The SMILES string of the molecule is CC1CC(C)CN(C(=O)CN2CCN(C(=O)CCn3cnc4sccc4c3=O)CC2)C1. The number of likely N-dealkylation sites (tertiary alicyclic amines) is 1. The molecule has 2 aromatic heterocycles. The van der Waals surface area contributed by atoms with Crippen molar-refractivity contribution in [3.05, 3.63) is 28.1 Å². The summed E-state index contributed by atoms with van der Waals surface area (Å²) in [6.07, 6.45) is 2.99. The van der Waals surface area contributed by atoms with Gasteiger partial charge in [-0.3, -0.25) is 23.9 Å². The molecule has 0 N–H and O–H groups in total. The number of carbonyl (C=O) groups is 2. The molecule has 2 aliphatic rings. The topological polar surface area (TPSA) is 78.8 Å². The molecule has 2 amide bonds. The molecule has 2 fully saturated rings. The van der Waals surface area contributed by atoms with E-state index in [1.807, 2.05) is 15.2 Å². The number of aryl methyl sites for hydroxylation is 1. The van der Waals surface area contributed by atoms with Crippen molar-refractivity contribution >= 4 is 33.4 Å². The quantitative estimate of drug-likeness (QED) is 0.697. The molecule has 2 saturated heterocycles. The third kappa shape index (κ3) is 5.15. The molecule has 2 unspecified atom stereocenters. The summed E-state index contributed by atoms with van der Waals surface area (Å²) in [5.41, 5.74) is -0.0938. The van der Waals surface area contributed by atoms with Crippen molar-refractivity contribution in [2.45, 2.75) is 33.2 Å². The number of nitrogens with zero attached hydrogens (tertiary/aromatic N) is 5. The number of piperidine rings is 1. The molecule has 31 heavy (non-hydrogen) atoms. The van der Waals surface area contributed by atoms with Gasteiger partial charge in [0.25, 0.3) is 5.56 Å². The monoisotopic (exact) mass is 445 g/mol. The largest absolute Gasteiger partial charge is 0.341 e. The summed E-state index contributed by atoms with van der Waals surface area (Å²) in [7, 11) is 0. The van der Waals surface area contributed by atoms with Crippen molar-refractivity contribution in [3.8, 4) is 0 Å². The van der Waals surface area contributed by atoms with Crippen molar-refractivity contribution in [2.75, 3.05) is 45.8 Å². The summed E-state index contributed by atoms with van der Waals surface area (Å²) in [6.45, 7) is 9.55. The third-order valence-electron chi connectivity index (χ3n) is 6.32. The molecule has 4 heterocycles. The second kappa shape index (κ2) is 9.48. The Morgan fingerprint density at radius 2 is 1.77 bits per heavy atom. The predicted octanol–water partition coefficient (Wildman–Crippen LogP) is 1.50. The smallest absolute Gasteiger partial charge is 0.262 e. The predicted molar refractivity (Wildman–Crippen MR) is 121 cm³/mol. The van der Waals surface area contributed by atoms with E-state index < -0.39 is 0 Å². The second-order valence-electron chi connectivity index (χ2n) is 9.03. The van der Waals surface area contributed by atoms with Gasteiger partial charge in [0.15, 0.2) is 0 Å². The summed E-state index contributed by atoms with van der Waals surface area (Å²) in [5, 5.41) is 2.46. The van der Waals surface area contributed by atoms with Crippen molar-refractivity contribution in [1.29, 1.82) is 0 Å². The van der Waals surface area contributed by atoms with Crippen LogP contribution in [0.15, 0.2) is 22.6 Å². The molecule has 168 valence electrons. The van der Waals surface area contributed by atoms with Crippen LogP contribution in [0.3, 0.4) is 0 Å². The molecule has 2 aliphatic heterocycles. The first-order valence-electron chi connectivity index (χ1n) is 11.1. The lowest BCUT2D eigenvalue weighted by atomic mass is 9.92. The minimum Gasteiger partial charge on any atom is -0.341 e. The summed E-state index contributed by atoms with van der Waals surface area (Å²) in [4.78, 5) is 48.8. The maximum Gasteiger partial charge on any atom is 0.262 e. The fourth-order valence-corrected chi connectivity index (χ4v) is 5.46. The van der Waals surface area contributed by atoms with Gasteiger partial charge in [-0.05, 0) is 29.7 Å². The number of hydrogen-bond donors (Lipinski definition) is 0. The first kappa shape index (κ1) is 22.0. The van der Waals surface area contributed by atoms with Gasteiger partial charge in [0.05, 0.1) is 18.3 Å². The van der Waals surface area contributed by atoms with Crippen molar-refractivity contribution in [2.24, 2.45) is 11.8 Å². The van der Waals surface area contributed by atoms with E-state index in [-0.39, 0.29) is 23.8 Å². The van der Waals surface area contributed by atoms with E-state index in [2.05, 4.69) is 23.7 Å². The standard InChI is InChI=1S/C22H31N5O3S/c1-16-11-17(2)13-27(12-16)20(29)14-24-6-8-25(9-7-24)19(28)3-5-26-15-23-21-18(22(26)30)4-10-31-21/h4,10,15-17H,3,5-9,11-14H2,1-2H3. The maximum absolute atomic E-state index is 12.7. The van der Waals surface area contributed by atoms with Gasteiger partial charge in [-0.15, -0.1) is 11.3 Å². The first-order valence-corrected chi connectivity index (χ1v) is 12.0. The molecule has 2 aromatic rings. The molecular formula is C22H31N5O3S. The molecule has 8 nitrogen and oxygen atoms in total. The fraction of sp³-hybridized carbons (Fsp3) is 0.636. The average Bonchev–Trinajstić information content (AvgIpc) is 3.22. The van der Waals surface area contributed by atoms with Gasteiger partial charge >= 0.3 is 0 Å². The van der Waals surface area contributed by atoms with Crippen LogP contribution < -0.4 is 5.56 Å². The van der Waals surface area contributed by atoms with Gasteiger partial charge in [-0.2, -0.15) is 0 Å². The highest BCUT2D eigenvalue weighted by Gasteiger charge is 2.28. The molecule has 2 atom stereocenters. The maximum atomic E-state index is 12.7. The highest BCUT2D eigenvalue weighted by atomic mass is 32.1. The van der Waals surface area contributed by atoms with Crippen LogP contribution in [0.25, 0.3) is 10.2 Å². The van der Waals surface area contributed by atoms with Crippen molar-refractivity contribution in [1.82, 2.24) is 24.3 Å². The molecule has 9 heteroatoms. The van der Waals surface area contributed by atoms with Gasteiger partial charge < -0.3 is 9.80 Å². The van der Waals surface area contributed by atoms with Crippen LogP contribution in [0, 0.1) is 11.8 Å². The Bertz CT molecular complexity index is 984. The Morgan fingerprint density at radius 1 is 1.06 bits per heavy atom. The van der Waals surface area contributed by atoms with E-state index >= 15 is 0 Å². The Kier molecular flexibility index (Phi) is 6.71. The number of thiophene rings is 1. The summed E-state index contributed by atoms with van der Waals surface area (Å²) in [6, 6.07) is 1.78. The Hall–Kier alpha value is -2.26. The highest BCUT2D eigenvalue weighted by molar-refractivity contribution is 7.16. The lowest BCUT2D eigenvalue weighted by Crippen LogP contribution is -2.53. The Morgan fingerprint density at radius 3 is 2.48 bits per heavy atom. The van der Waals surface area contributed by atoms with Crippen LogP contribution in [0.1, 0.15) is 26.7 Å². The minimum absolute atomic E-state index is 0.0435. The fourth-order valence-electron chi connectivity index (χ4n) is 4.74. The first-order chi connectivity index (χ1) is 14.9. The Labute approximate surface area is 186 Å². The third-order valence-corrected chi connectivity index (χ3v) is 7.14. The number of piperazine rings is 1. The molecular weight excluding hydrogens is 414 g/mol. The van der Waals surface area contributed by atoms with E-state index in [0.717, 1.165) is 17.9 Å². The van der Waals surface area contributed by atoms with Gasteiger partial charge in [0.2, 0.25) is 11.8 Å². The molecule has 0 bridgehead atoms. The molecule has 0 saturated carbocycles. The van der Waals surface area contributed by atoms with Crippen LogP contribution in [0.2, 0.25) is 0 Å². The van der Waals surface area contributed by atoms with E-state index in [9.17, 15) is 14.4 Å². The molecule has 0 radical (unpaired) electrons. The zero-order chi connectivity index (χ0) is 22.0. The zero-order valence-corrected chi connectivity index (χ0v) is 19.1. The molecule has 4 rings (SSSR count). The van der Waals surface area contributed by atoms with Crippen molar-refractivity contribution < 1.29 is 9.59 Å². The Balaban J connectivity index is 1.23. The van der Waals surface area contributed by atoms with Crippen LogP contribution in [0.5, 0.6) is 0 Å². The van der Waals surface area contributed by atoms with E-state index in [1.54, 1.807) is 6.07 Å². The number of rotatable bonds is 5. The number of fused-ring (bicyclic) bond motifs is 1. The van der Waals surface area contributed by atoms with Crippen LogP contribution in [0.4, 0.5) is 0 Å². The number of aromatic nitrogens is 2. The van der Waals surface area contributed by atoms with Gasteiger partial charge in [0.1, 0.15) is 4.83 Å². The second-order valence-corrected chi connectivity index (χ2v) is 9.93. The summed E-state index contributed by atoms with van der Waals surface area (Å²) in [5.74, 6) is 1.37. The van der Waals surface area contributed by atoms with E-state index in [0.29, 0.717) is 56.5 Å². The lowest BCUT2D eigenvalue weighted by molar-refractivity contribution is -0.137. The van der Waals surface area contributed by atoms with Crippen LogP contribution in [-0.4, -0.2) is 81.9 Å². The van der Waals surface area contributed by atoms with Crippen molar-refractivity contribution in [3.63, 3.8) is 0 Å². The average molecular weight is 446 g/mol. The highest BCUT2D eigenvalue weighted by Crippen LogP contribution is 2.21. The summed E-state index contributed by atoms with van der Waals surface area (Å²) >= 11 is 1.44. The number of carbonyl (C=O) groups excluding carboxylic acids is 2. The lowest BCUT2D eigenvalue weighted by Gasteiger charge is -2.38. The van der Waals surface area contributed by atoms with E-state index in [4.69, 9.17) is 0 Å². The minimum atomic E-state index is -0.0938. The number of hydrogen-bond acceptors (Lipinski definition) is 6. The van der Waals surface area contributed by atoms with Gasteiger partial charge in [0, 0.05) is 52.2 Å². The molecule has 0 aromatic carbocycles. The molecule has 0 aliphatic carbocycles. The zero-order valence-electron chi connectivity index (χ0n) is 18.3. The number of amides is 2.